The van der Waals surface area contributed by atoms with Crippen LogP contribution in [0.5, 0.6) is 0 Å². The molecular weight excluding hydrogens is 299 g/mol. The molecule has 104 valence electrons. The molecule has 1 amide bonds. The molecule has 2 N–H and O–H groups in total. The van der Waals surface area contributed by atoms with Crippen molar-refractivity contribution < 1.29 is 17.1 Å². The molecule has 1 aromatic heterocycles. The third kappa shape index (κ3) is 3.10. The Bertz CT molecular complexity index is 604. The van der Waals surface area contributed by atoms with Gasteiger partial charge in [-0.25, -0.2) is 9.97 Å². The second-order valence-corrected chi connectivity index (χ2v) is 5.95. The van der Waals surface area contributed by atoms with Crippen LogP contribution in [0, 0.1) is 5.92 Å². The summed E-state index contributed by atoms with van der Waals surface area (Å²) in [7, 11) is -4.63. The Kier molecular flexibility index (Phi) is 3.59. The van der Waals surface area contributed by atoms with Gasteiger partial charge >= 0.3 is 10.2 Å². The zero-order valence-electron chi connectivity index (χ0n) is 9.58. The maximum atomic E-state index is 12.6. The van der Waals surface area contributed by atoms with E-state index in [2.05, 4.69) is 9.97 Å². The number of nitrogens with zero attached hydrogens (tertiary/aromatic N) is 3. The minimum Gasteiger partial charge on any atom is -0.382 e. The van der Waals surface area contributed by atoms with Crippen LogP contribution in [-0.4, -0.2) is 36.6 Å². The van der Waals surface area contributed by atoms with E-state index in [1.54, 1.807) is 0 Å². The Labute approximate surface area is 113 Å². The van der Waals surface area contributed by atoms with Crippen molar-refractivity contribution in [1.29, 1.82) is 0 Å². The number of anilines is 2. The number of nitrogen functional groups attached to an aromatic ring is 1. The van der Waals surface area contributed by atoms with Gasteiger partial charge in [-0.05, 0) is 0 Å². The van der Waals surface area contributed by atoms with E-state index in [0.717, 1.165) is 6.33 Å². The van der Waals surface area contributed by atoms with E-state index < -0.39 is 27.8 Å². The van der Waals surface area contributed by atoms with Gasteiger partial charge in [0, 0.05) is 18.9 Å². The first-order valence-corrected chi connectivity index (χ1v) is 7.19. The van der Waals surface area contributed by atoms with Gasteiger partial charge in [0.2, 0.25) is 5.91 Å². The molecule has 0 bridgehead atoms. The summed E-state index contributed by atoms with van der Waals surface area (Å²) < 4.78 is 33.8. The number of carbonyl (C=O) groups is 1. The minimum absolute atomic E-state index is 0.00962. The summed E-state index contributed by atoms with van der Waals surface area (Å²) in [5.41, 5.74) is 5.75. The Morgan fingerprint density at radius 3 is 2.79 bits per heavy atom. The van der Waals surface area contributed by atoms with Crippen LogP contribution in [0.1, 0.15) is 6.42 Å². The molecule has 0 aliphatic carbocycles. The molecule has 1 unspecified atom stereocenters. The first-order chi connectivity index (χ1) is 8.78. The van der Waals surface area contributed by atoms with Gasteiger partial charge in [0.15, 0.2) is 11.0 Å². The Morgan fingerprint density at radius 2 is 2.21 bits per heavy atom. The summed E-state index contributed by atoms with van der Waals surface area (Å²) in [6, 6.07) is 0. The highest BCUT2D eigenvalue weighted by atomic mass is 35.5. The molecule has 2 heterocycles. The van der Waals surface area contributed by atoms with Crippen LogP contribution in [0.2, 0.25) is 5.15 Å². The van der Waals surface area contributed by atoms with Crippen molar-refractivity contribution in [3.8, 4) is 0 Å². The SMILES string of the molecule is Nc1ncnc(Cl)c1N1CC(CS(=O)(=O)F)CC1=O. The van der Waals surface area contributed by atoms with Crippen molar-refractivity contribution in [2.75, 3.05) is 22.9 Å². The number of carbonyl (C=O) groups excluding carboxylic acids is 1. The van der Waals surface area contributed by atoms with Crippen LogP contribution in [0.15, 0.2) is 6.33 Å². The molecule has 1 aliphatic heterocycles. The van der Waals surface area contributed by atoms with Crippen molar-refractivity contribution in [1.82, 2.24) is 9.97 Å². The monoisotopic (exact) mass is 308 g/mol. The van der Waals surface area contributed by atoms with Gasteiger partial charge in [0.05, 0.1) is 5.75 Å². The molecule has 1 atom stereocenters. The van der Waals surface area contributed by atoms with Crippen molar-refractivity contribution in [3.05, 3.63) is 11.5 Å². The smallest absolute Gasteiger partial charge is 0.302 e. The molecule has 0 aromatic carbocycles. The normalized spacial score (nSPS) is 20.0. The molecule has 1 aromatic rings. The van der Waals surface area contributed by atoms with Crippen molar-refractivity contribution in [2.45, 2.75) is 6.42 Å². The first kappa shape index (κ1) is 13.9. The number of amides is 1. The lowest BCUT2D eigenvalue weighted by molar-refractivity contribution is -0.117. The van der Waals surface area contributed by atoms with Crippen LogP contribution in [-0.2, 0) is 15.0 Å². The van der Waals surface area contributed by atoms with E-state index in [1.807, 2.05) is 0 Å². The van der Waals surface area contributed by atoms with E-state index in [0.29, 0.717) is 0 Å². The highest BCUT2D eigenvalue weighted by Crippen LogP contribution is 2.33. The van der Waals surface area contributed by atoms with Gasteiger partial charge in [-0.3, -0.25) is 4.79 Å². The van der Waals surface area contributed by atoms with Gasteiger partial charge in [0.1, 0.15) is 12.0 Å². The third-order valence-electron chi connectivity index (χ3n) is 2.72. The molecular formula is C9H10ClFN4O3S. The predicted octanol–water partition coefficient (Wildman–Crippen LogP) is 0.364. The molecule has 0 saturated carbocycles. The average Bonchev–Trinajstić information content (AvgIpc) is 2.56. The van der Waals surface area contributed by atoms with Crippen LogP contribution < -0.4 is 10.6 Å². The molecule has 7 nitrogen and oxygen atoms in total. The van der Waals surface area contributed by atoms with E-state index in [4.69, 9.17) is 17.3 Å². The first-order valence-electron chi connectivity index (χ1n) is 5.26. The molecule has 1 saturated heterocycles. The summed E-state index contributed by atoms with van der Waals surface area (Å²) in [4.78, 5) is 20.4. The Morgan fingerprint density at radius 1 is 1.53 bits per heavy atom. The lowest BCUT2D eigenvalue weighted by Gasteiger charge is -2.18. The second-order valence-electron chi connectivity index (χ2n) is 4.18. The Hall–Kier alpha value is -1.48. The molecule has 0 spiro atoms. The summed E-state index contributed by atoms with van der Waals surface area (Å²) in [5, 5.41) is -0.00962. The second kappa shape index (κ2) is 4.89. The fraction of sp³-hybridized carbons (Fsp3) is 0.444. The number of hydrogen-bond donors (Lipinski definition) is 1. The predicted molar refractivity (Wildman–Crippen MR) is 66.8 cm³/mol. The van der Waals surface area contributed by atoms with Crippen LogP contribution in [0.3, 0.4) is 0 Å². The highest BCUT2D eigenvalue weighted by molar-refractivity contribution is 7.86. The standard InChI is InChI=1S/C9H10ClFN4O3S/c10-8-7(9(12)14-4-13-8)15-2-5(1-6(15)16)3-19(11,17)18/h4-5H,1-3H2,(H2,12,13,14). The van der Waals surface area contributed by atoms with Gasteiger partial charge in [-0.2, -0.15) is 8.42 Å². The number of nitrogens with two attached hydrogens (primary N) is 1. The van der Waals surface area contributed by atoms with E-state index in [1.165, 1.54) is 4.90 Å². The largest absolute Gasteiger partial charge is 0.382 e. The molecule has 10 heteroatoms. The van der Waals surface area contributed by atoms with Crippen LogP contribution >= 0.6 is 11.6 Å². The van der Waals surface area contributed by atoms with Gasteiger partial charge < -0.3 is 10.6 Å². The molecule has 1 aliphatic rings. The molecule has 0 radical (unpaired) electrons. The minimum atomic E-state index is -4.63. The third-order valence-corrected chi connectivity index (χ3v) is 3.86. The van der Waals surface area contributed by atoms with Crippen molar-refractivity contribution >= 4 is 39.2 Å². The maximum Gasteiger partial charge on any atom is 0.302 e. The number of hydrogen-bond acceptors (Lipinski definition) is 6. The highest BCUT2D eigenvalue weighted by Gasteiger charge is 2.35. The topological polar surface area (TPSA) is 106 Å². The van der Waals surface area contributed by atoms with Gasteiger partial charge in [-0.15, -0.1) is 3.89 Å². The summed E-state index contributed by atoms with van der Waals surface area (Å²) >= 11 is 5.84. The fourth-order valence-corrected chi connectivity index (χ4v) is 3.04. The van der Waals surface area contributed by atoms with Crippen molar-refractivity contribution in [3.63, 3.8) is 0 Å². The quantitative estimate of drug-likeness (QED) is 0.638. The van der Waals surface area contributed by atoms with E-state index >= 15 is 0 Å². The van der Waals surface area contributed by atoms with Gasteiger partial charge in [-0.1, -0.05) is 11.6 Å². The lowest BCUT2D eigenvalue weighted by atomic mass is 10.1. The number of rotatable bonds is 3. The summed E-state index contributed by atoms with van der Waals surface area (Å²) in [6.07, 6.45) is 1.05. The van der Waals surface area contributed by atoms with Crippen LogP contribution in [0.25, 0.3) is 0 Å². The fourth-order valence-electron chi connectivity index (χ4n) is 2.01. The number of halogens is 2. The number of aromatic nitrogens is 2. The maximum absolute atomic E-state index is 12.6. The Balaban J connectivity index is 2.26. The summed E-state index contributed by atoms with van der Waals surface area (Å²) in [5.74, 6) is -1.73. The van der Waals surface area contributed by atoms with E-state index in [-0.39, 0.29) is 29.6 Å². The summed E-state index contributed by atoms with van der Waals surface area (Å²) in [6.45, 7) is 0.0132. The van der Waals surface area contributed by atoms with Gasteiger partial charge in [0.25, 0.3) is 0 Å². The molecule has 1 fully saturated rings. The van der Waals surface area contributed by atoms with E-state index in [9.17, 15) is 17.1 Å². The van der Waals surface area contributed by atoms with Crippen molar-refractivity contribution in [2.24, 2.45) is 5.92 Å². The zero-order chi connectivity index (χ0) is 14.2. The average molecular weight is 309 g/mol. The lowest BCUT2D eigenvalue weighted by Crippen LogP contribution is -2.27. The van der Waals surface area contributed by atoms with Crippen LogP contribution in [0.4, 0.5) is 15.4 Å². The molecule has 2 rings (SSSR count). The zero-order valence-corrected chi connectivity index (χ0v) is 11.2. The molecule has 19 heavy (non-hydrogen) atoms.